The van der Waals surface area contributed by atoms with E-state index in [2.05, 4.69) is 5.32 Å². The minimum atomic E-state index is -0.959. The number of nitrogens with zero attached hydrogens (tertiary/aromatic N) is 1. The second-order valence-corrected chi connectivity index (χ2v) is 5.94. The monoisotopic (exact) mass is 338 g/mol. The van der Waals surface area contributed by atoms with E-state index in [0.717, 1.165) is 0 Å². The van der Waals surface area contributed by atoms with Crippen molar-refractivity contribution in [3.05, 3.63) is 24.3 Å². The predicted octanol–water partition coefficient (Wildman–Crippen LogP) is 1.73. The Labute approximate surface area is 138 Å². The molecule has 0 aliphatic carbocycles. The molecule has 2 amide bonds. The number of anilines is 1. The Morgan fingerprint density at radius 1 is 1.43 bits per heavy atom. The van der Waals surface area contributed by atoms with Crippen LogP contribution in [0, 0.1) is 0 Å². The third-order valence-electron chi connectivity index (χ3n) is 3.18. The zero-order chi connectivity index (χ0) is 16.8. The highest BCUT2D eigenvalue weighted by molar-refractivity contribution is 8.13. The first kappa shape index (κ1) is 17.1. The number of rotatable bonds is 6. The Hall–Kier alpha value is -2.22. The number of hydrogen-bond acceptors (Lipinski definition) is 6. The van der Waals surface area contributed by atoms with Gasteiger partial charge in [-0.05, 0) is 19.1 Å². The molecule has 124 valence electrons. The molecule has 8 heteroatoms. The second-order valence-electron chi connectivity index (χ2n) is 4.89. The summed E-state index contributed by atoms with van der Waals surface area (Å²) in [5.41, 5.74) is 0.545. The minimum Gasteiger partial charge on any atom is -0.497 e. The van der Waals surface area contributed by atoms with Crippen molar-refractivity contribution in [2.24, 2.45) is 0 Å². The van der Waals surface area contributed by atoms with Crippen LogP contribution in [0.3, 0.4) is 0 Å². The molecule has 1 saturated heterocycles. The first-order valence-electron chi connectivity index (χ1n) is 7.05. The molecule has 1 aliphatic heterocycles. The van der Waals surface area contributed by atoms with E-state index in [4.69, 9.17) is 9.47 Å². The number of thioether (sulfide) groups is 1. The van der Waals surface area contributed by atoms with Gasteiger partial charge in [0.25, 0.3) is 11.1 Å². The quantitative estimate of drug-likeness (QED) is 0.795. The van der Waals surface area contributed by atoms with Crippen molar-refractivity contribution < 1.29 is 23.9 Å². The molecular weight excluding hydrogens is 320 g/mol. The number of esters is 1. The normalized spacial score (nSPS) is 15.2. The van der Waals surface area contributed by atoms with E-state index < -0.39 is 18.0 Å². The lowest BCUT2D eigenvalue weighted by Gasteiger charge is -2.17. The van der Waals surface area contributed by atoms with Crippen LogP contribution >= 0.6 is 11.8 Å². The highest BCUT2D eigenvalue weighted by Crippen LogP contribution is 2.18. The predicted molar refractivity (Wildman–Crippen MR) is 86.6 cm³/mol. The zero-order valence-corrected chi connectivity index (χ0v) is 13.7. The van der Waals surface area contributed by atoms with Gasteiger partial charge in [0.05, 0.1) is 7.11 Å². The van der Waals surface area contributed by atoms with Gasteiger partial charge in [-0.2, -0.15) is 0 Å². The lowest BCUT2D eigenvalue weighted by atomic mass is 10.3. The molecule has 1 aromatic carbocycles. The van der Waals surface area contributed by atoms with Gasteiger partial charge >= 0.3 is 5.97 Å². The van der Waals surface area contributed by atoms with Crippen LogP contribution in [0.1, 0.15) is 6.92 Å². The standard InChI is InChI=1S/C15H18N2O5S/c1-10(22-13(18)9-17-6-7-23-15(17)20)14(19)16-11-4-3-5-12(8-11)21-2/h3-5,8,10H,6-7,9H2,1-2H3,(H,16,19)/t10-/m1/s1. The summed E-state index contributed by atoms with van der Waals surface area (Å²) in [6.45, 7) is 1.86. The molecule has 0 aromatic heterocycles. The maximum atomic E-state index is 12.0. The highest BCUT2D eigenvalue weighted by Gasteiger charge is 2.26. The summed E-state index contributed by atoms with van der Waals surface area (Å²) in [6, 6.07) is 6.85. The van der Waals surface area contributed by atoms with E-state index in [1.54, 1.807) is 24.3 Å². The van der Waals surface area contributed by atoms with Crippen molar-refractivity contribution in [3.63, 3.8) is 0 Å². The Balaban J connectivity index is 1.84. The van der Waals surface area contributed by atoms with E-state index in [9.17, 15) is 14.4 Å². The number of methoxy groups -OCH3 is 1. The molecule has 0 radical (unpaired) electrons. The lowest BCUT2D eigenvalue weighted by molar-refractivity contribution is -0.153. The smallest absolute Gasteiger partial charge is 0.326 e. The average molecular weight is 338 g/mol. The van der Waals surface area contributed by atoms with E-state index in [0.29, 0.717) is 23.7 Å². The lowest BCUT2D eigenvalue weighted by Crippen LogP contribution is -2.36. The molecule has 0 bridgehead atoms. The number of carbonyl (C=O) groups is 3. The largest absolute Gasteiger partial charge is 0.497 e. The molecule has 0 unspecified atom stereocenters. The van der Waals surface area contributed by atoms with E-state index in [-0.39, 0.29) is 11.8 Å². The molecule has 7 nitrogen and oxygen atoms in total. The summed E-state index contributed by atoms with van der Waals surface area (Å²) in [4.78, 5) is 36.6. The zero-order valence-electron chi connectivity index (χ0n) is 12.9. The minimum absolute atomic E-state index is 0.136. The van der Waals surface area contributed by atoms with Gasteiger partial charge in [0.15, 0.2) is 6.10 Å². The maximum Gasteiger partial charge on any atom is 0.326 e. The molecule has 1 aliphatic rings. The Morgan fingerprint density at radius 2 is 2.22 bits per heavy atom. The number of amides is 2. The van der Waals surface area contributed by atoms with Gasteiger partial charge in [-0.1, -0.05) is 17.8 Å². The van der Waals surface area contributed by atoms with Crippen molar-refractivity contribution in [2.45, 2.75) is 13.0 Å². The number of ether oxygens (including phenoxy) is 2. The van der Waals surface area contributed by atoms with Gasteiger partial charge in [0.2, 0.25) is 0 Å². The Morgan fingerprint density at radius 3 is 2.87 bits per heavy atom. The van der Waals surface area contributed by atoms with Gasteiger partial charge < -0.3 is 19.7 Å². The van der Waals surface area contributed by atoms with Crippen LogP contribution < -0.4 is 10.1 Å². The summed E-state index contributed by atoms with van der Waals surface area (Å²) in [6.07, 6.45) is -0.959. The Kier molecular flexibility index (Phi) is 5.86. The van der Waals surface area contributed by atoms with Gasteiger partial charge in [0.1, 0.15) is 12.3 Å². The summed E-state index contributed by atoms with van der Waals surface area (Å²) >= 11 is 1.17. The molecule has 23 heavy (non-hydrogen) atoms. The summed E-state index contributed by atoms with van der Waals surface area (Å²) < 4.78 is 10.1. The van der Waals surface area contributed by atoms with Crippen molar-refractivity contribution in [1.29, 1.82) is 0 Å². The fourth-order valence-corrected chi connectivity index (χ4v) is 2.78. The Bertz CT molecular complexity index is 607. The van der Waals surface area contributed by atoms with Crippen LogP contribution in [0.2, 0.25) is 0 Å². The van der Waals surface area contributed by atoms with Gasteiger partial charge in [-0.3, -0.25) is 14.4 Å². The van der Waals surface area contributed by atoms with E-state index in [1.165, 1.54) is 30.7 Å². The molecule has 0 spiro atoms. The van der Waals surface area contributed by atoms with Crippen LogP contribution in [-0.2, 0) is 14.3 Å². The SMILES string of the molecule is COc1cccc(NC(=O)[C@@H](C)OC(=O)CN2CCSC2=O)c1. The molecule has 1 N–H and O–H groups in total. The van der Waals surface area contributed by atoms with Gasteiger partial charge in [-0.15, -0.1) is 0 Å². The third-order valence-corrected chi connectivity index (χ3v) is 4.07. The number of carbonyl (C=O) groups excluding carboxylic acids is 3. The summed E-state index contributed by atoms with van der Waals surface area (Å²) in [5, 5.41) is 2.50. The van der Waals surface area contributed by atoms with E-state index >= 15 is 0 Å². The maximum absolute atomic E-state index is 12.0. The molecule has 1 atom stereocenters. The molecule has 2 rings (SSSR count). The molecule has 1 aromatic rings. The summed E-state index contributed by atoms with van der Waals surface area (Å²) in [7, 11) is 1.53. The molecular formula is C15H18N2O5S. The molecule has 1 heterocycles. The van der Waals surface area contributed by atoms with Crippen molar-refractivity contribution in [3.8, 4) is 5.75 Å². The number of benzene rings is 1. The second kappa shape index (κ2) is 7.87. The summed E-state index contributed by atoms with van der Waals surface area (Å²) in [5.74, 6) is 0.221. The first-order valence-corrected chi connectivity index (χ1v) is 8.04. The fraction of sp³-hybridized carbons (Fsp3) is 0.400. The van der Waals surface area contributed by atoms with Gasteiger partial charge in [0, 0.05) is 24.1 Å². The van der Waals surface area contributed by atoms with Crippen molar-refractivity contribution in [2.75, 3.05) is 31.3 Å². The third kappa shape index (κ3) is 4.88. The highest BCUT2D eigenvalue weighted by atomic mass is 32.2. The number of hydrogen-bond donors (Lipinski definition) is 1. The first-order chi connectivity index (χ1) is 11.0. The molecule has 0 saturated carbocycles. The topological polar surface area (TPSA) is 84.9 Å². The van der Waals surface area contributed by atoms with Crippen molar-refractivity contribution >= 4 is 34.6 Å². The van der Waals surface area contributed by atoms with Crippen LogP contribution in [-0.4, -0.2) is 54.1 Å². The van der Waals surface area contributed by atoms with Crippen LogP contribution in [0.25, 0.3) is 0 Å². The van der Waals surface area contributed by atoms with Crippen LogP contribution in [0.4, 0.5) is 10.5 Å². The van der Waals surface area contributed by atoms with Crippen molar-refractivity contribution in [1.82, 2.24) is 4.90 Å². The van der Waals surface area contributed by atoms with Crippen LogP contribution in [0.5, 0.6) is 5.75 Å². The van der Waals surface area contributed by atoms with Gasteiger partial charge in [-0.25, -0.2) is 0 Å². The molecule has 1 fully saturated rings. The van der Waals surface area contributed by atoms with E-state index in [1.807, 2.05) is 0 Å². The fourth-order valence-electron chi connectivity index (χ4n) is 1.96. The van der Waals surface area contributed by atoms with Crippen LogP contribution in [0.15, 0.2) is 24.3 Å². The number of nitrogens with one attached hydrogen (secondary N) is 1. The average Bonchev–Trinajstić information content (AvgIpc) is 2.92.